The number of halogens is 1. The van der Waals surface area contributed by atoms with Crippen LogP contribution in [0.3, 0.4) is 0 Å². The molecule has 0 radical (unpaired) electrons. The van der Waals surface area contributed by atoms with Gasteiger partial charge in [0.2, 0.25) is 0 Å². The maximum Gasteiger partial charge on any atom is 0.306 e. The number of anilines is 1. The Hall–Kier alpha value is -2.40. The van der Waals surface area contributed by atoms with Crippen LogP contribution in [0.25, 0.3) is 0 Å². The van der Waals surface area contributed by atoms with Gasteiger partial charge < -0.3 is 14.4 Å². The van der Waals surface area contributed by atoms with Crippen LogP contribution in [0.5, 0.6) is 0 Å². The number of rotatable bonds is 8. The highest BCUT2D eigenvalue weighted by Gasteiger charge is 2.15. The molecule has 1 aromatic rings. The maximum atomic E-state index is 14.3. The molecule has 1 fully saturated rings. The summed E-state index contributed by atoms with van der Waals surface area (Å²) in [5.74, 6) is -0.592. The molecule has 1 heterocycles. The molecule has 4 nitrogen and oxygen atoms in total. The Kier molecular flexibility index (Phi) is 7.41. The Labute approximate surface area is 148 Å². The first-order valence-electron chi connectivity index (χ1n) is 8.35. The molecule has 1 aromatic carbocycles. The summed E-state index contributed by atoms with van der Waals surface area (Å²) < 4.78 is 24.8. The minimum absolute atomic E-state index is 0.165. The number of carbonyl (C=O) groups is 1. The Balaban J connectivity index is 1.85. The highest BCUT2D eigenvalue weighted by Crippen LogP contribution is 2.22. The number of carbonyl (C=O) groups excluding carboxylic acids is 1. The van der Waals surface area contributed by atoms with E-state index in [-0.39, 0.29) is 24.8 Å². The minimum Gasteiger partial charge on any atom is -0.461 e. The lowest BCUT2D eigenvalue weighted by atomic mass is 10.1. The van der Waals surface area contributed by atoms with Crippen LogP contribution in [0.1, 0.15) is 12.0 Å². The second-order valence-corrected chi connectivity index (χ2v) is 5.73. The van der Waals surface area contributed by atoms with Crippen LogP contribution in [0.15, 0.2) is 55.2 Å². The largest absolute Gasteiger partial charge is 0.461 e. The highest BCUT2D eigenvalue weighted by molar-refractivity contribution is 5.70. The van der Waals surface area contributed by atoms with E-state index >= 15 is 0 Å². The maximum absolute atomic E-state index is 14.3. The fourth-order valence-electron chi connectivity index (χ4n) is 2.58. The standard InChI is InChI=1S/C20H24FNO3/c1-3-5-16(4-2)15-25-20(23)9-7-17-6-8-19(18(21)14-17)22-10-12-24-13-11-22/h3-6,8,14H,1-2,7,9-13,15H2/b16-5+. The van der Waals surface area contributed by atoms with Crippen molar-refractivity contribution in [3.05, 3.63) is 66.5 Å². The molecule has 2 rings (SSSR count). The molecule has 25 heavy (non-hydrogen) atoms. The van der Waals surface area contributed by atoms with Crippen molar-refractivity contribution in [1.29, 1.82) is 0 Å². The molecule has 0 spiro atoms. The van der Waals surface area contributed by atoms with Gasteiger partial charge in [0.15, 0.2) is 0 Å². The van der Waals surface area contributed by atoms with Crippen LogP contribution in [-0.2, 0) is 20.7 Å². The highest BCUT2D eigenvalue weighted by atomic mass is 19.1. The van der Waals surface area contributed by atoms with Crippen molar-refractivity contribution >= 4 is 11.7 Å². The number of allylic oxidation sites excluding steroid dienone is 2. The number of nitrogens with zero attached hydrogens (tertiary/aromatic N) is 1. The second-order valence-electron chi connectivity index (χ2n) is 5.73. The molecule has 0 amide bonds. The van der Waals surface area contributed by atoms with E-state index in [1.165, 1.54) is 6.07 Å². The topological polar surface area (TPSA) is 38.8 Å². The van der Waals surface area contributed by atoms with Gasteiger partial charge in [-0.25, -0.2) is 4.39 Å². The average Bonchev–Trinajstić information content (AvgIpc) is 2.64. The van der Waals surface area contributed by atoms with Crippen LogP contribution < -0.4 is 4.90 Å². The van der Waals surface area contributed by atoms with Gasteiger partial charge in [0, 0.05) is 19.5 Å². The number of hydrogen-bond donors (Lipinski definition) is 0. The van der Waals surface area contributed by atoms with Gasteiger partial charge in [-0.15, -0.1) is 0 Å². The van der Waals surface area contributed by atoms with Crippen LogP contribution in [0.2, 0.25) is 0 Å². The number of morpholine rings is 1. The zero-order valence-electron chi connectivity index (χ0n) is 14.4. The van der Waals surface area contributed by atoms with Gasteiger partial charge in [-0.1, -0.05) is 37.5 Å². The average molecular weight is 345 g/mol. The normalized spacial score (nSPS) is 14.9. The lowest BCUT2D eigenvalue weighted by molar-refractivity contribution is -0.142. The number of hydrogen-bond acceptors (Lipinski definition) is 4. The summed E-state index contributed by atoms with van der Waals surface area (Å²) in [5, 5.41) is 0. The molecule has 0 unspecified atom stereocenters. The Morgan fingerprint density at radius 3 is 2.72 bits per heavy atom. The van der Waals surface area contributed by atoms with E-state index in [9.17, 15) is 9.18 Å². The molecule has 0 aliphatic carbocycles. The molecular weight excluding hydrogens is 321 g/mol. The monoisotopic (exact) mass is 345 g/mol. The SMILES string of the molecule is C=C/C=C(\C=C)COC(=O)CCc1ccc(N2CCOCC2)c(F)c1. The third-order valence-corrected chi connectivity index (χ3v) is 3.98. The lowest BCUT2D eigenvalue weighted by Crippen LogP contribution is -2.36. The fourth-order valence-corrected chi connectivity index (χ4v) is 2.58. The summed E-state index contributed by atoms with van der Waals surface area (Å²) in [4.78, 5) is 13.8. The predicted octanol–water partition coefficient (Wildman–Crippen LogP) is 3.44. The van der Waals surface area contributed by atoms with Gasteiger partial charge in [0.25, 0.3) is 0 Å². The van der Waals surface area contributed by atoms with Gasteiger partial charge in [-0.3, -0.25) is 4.79 Å². The lowest BCUT2D eigenvalue weighted by Gasteiger charge is -2.29. The first-order chi connectivity index (χ1) is 12.1. The van der Waals surface area contributed by atoms with Gasteiger partial charge in [0.1, 0.15) is 12.4 Å². The molecule has 0 saturated carbocycles. The van der Waals surface area contributed by atoms with Gasteiger partial charge >= 0.3 is 5.97 Å². The van der Waals surface area contributed by atoms with Crippen molar-refractivity contribution in [3.63, 3.8) is 0 Å². The first kappa shape index (κ1) is 18.9. The Morgan fingerprint density at radius 2 is 2.08 bits per heavy atom. The van der Waals surface area contributed by atoms with Gasteiger partial charge in [-0.2, -0.15) is 0 Å². The molecule has 0 atom stereocenters. The molecule has 1 aliphatic heterocycles. The molecule has 0 aromatic heterocycles. The summed E-state index contributed by atoms with van der Waals surface area (Å²) >= 11 is 0. The summed E-state index contributed by atoms with van der Waals surface area (Å²) in [7, 11) is 0. The Bertz CT molecular complexity index is 648. The van der Waals surface area contributed by atoms with E-state index in [2.05, 4.69) is 13.2 Å². The zero-order valence-corrected chi connectivity index (χ0v) is 14.4. The van der Waals surface area contributed by atoms with E-state index in [1.807, 2.05) is 11.0 Å². The fraction of sp³-hybridized carbons (Fsp3) is 0.350. The molecule has 5 heteroatoms. The van der Waals surface area contributed by atoms with Crippen molar-refractivity contribution in [1.82, 2.24) is 0 Å². The van der Waals surface area contributed by atoms with Crippen LogP contribution in [0.4, 0.5) is 10.1 Å². The third kappa shape index (κ3) is 5.87. The molecule has 1 saturated heterocycles. The van der Waals surface area contributed by atoms with Gasteiger partial charge in [-0.05, 0) is 29.7 Å². The first-order valence-corrected chi connectivity index (χ1v) is 8.35. The smallest absolute Gasteiger partial charge is 0.306 e. The van der Waals surface area contributed by atoms with Crippen LogP contribution in [-0.4, -0.2) is 38.9 Å². The molecule has 0 N–H and O–H groups in total. The van der Waals surface area contributed by atoms with Crippen molar-refractivity contribution < 1.29 is 18.7 Å². The van der Waals surface area contributed by atoms with Crippen molar-refractivity contribution in [3.8, 4) is 0 Å². The Morgan fingerprint density at radius 1 is 1.32 bits per heavy atom. The number of ether oxygens (including phenoxy) is 2. The van der Waals surface area contributed by atoms with E-state index in [4.69, 9.17) is 9.47 Å². The van der Waals surface area contributed by atoms with E-state index in [0.29, 0.717) is 38.4 Å². The predicted molar refractivity (Wildman–Crippen MR) is 97.2 cm³/mol. The van der Waals surface area contributed by atoms with Crippen LogP contribution >= 0.6 is 0 Å². The number of benzene rings is 1. The summed E-state index contributed by atoms with van der Waals surface area (Å²) in [5.41, 5.74) is 2.14. The number of esters is 1. The third-order valence-electron chi connectivity index (χ3n) is 3.98. The minimum atomic E-state index is -0.325. The number of aryl methyl sites for hydroxylation is 1. The molecule has 1 aliphatic rings. The zero-order chi connectivity index (χ0) is 18.1. The van der Waals surface area contributed by atoms with E-state index in [1.54, 1.807) is 24.3 Å². The van der Waals surface area contributed by atoms with Crippen molar-refractivity contribution in [2.24, 2.45) is 0 Å². The van der Waals surface area contributed by atoms with E-state index in [0.717, 1.165) is 11.1 Å². The quantitative estimate of drug-likeness (QED) is 0.534. The summed E-state index contributed by atoms with van der Waals surface area (Å²) in [6, 6.07) is 5.11. The summed E-state index contributed by atoms with van der Waals surface area (Å²) in [6.45, 7) is 10.00. The molecular formula is C20H24FNO3. The molecule has 134 valence electrons. The second kappa shape index (κ2) is 9.79. The summed E-state index contributed by atoms with van der Waals surface area (Å²) in [6.07, 6.45) is 5.61. The molecule has 0 bridgehead atoms. The van der Waals surface area contributed by atoms with Crippen molar-refractivity contribution in [2.45, 2.75) is 12.8 Å². The van der Waals surface area contributed by atoms with Crippen LogP contribution in [0, 0.1) is 5.82 Å². The van der Waals surface area contributed by atoms with Gasteiger partial charge in [0.05, 0.1) is 18.9 Å². The van der Waals surface area contributed by atoms with E-state index < -0.39 is 0 Å². The van der Waals surface area contributed by atoms with Crippen molar-refractivity contribution in [2.75, 3.05) is 37.8 Å².